The Morgan fingerprint density at radius 2 is 1.89 bits per heavy atom. The molecule has 0 atom stereocenters. The first-order valence-electron chi connectivity index (χ1n) is 9.16. The molecule has 0 spiro atoms. The first-order chi connectivity index (χ1) is 13.2. The smallest absolute Gasteiger partial charge is 0.261 e. The minimum Gasteiger partial charge on any atom is -0.357 e. The van der Waals surface area contributed by atoms with Gasteiger partial charge in [-0.25, -0.2) is 9.97 Å². The number of rotatable bonds is 5. The third-order valence-electron chi connectivity index (χ3n) is 4.77. The van der Waals surface area contributed by atoms with E-state index in [0.717, 1.165) is 18.9 Å². The Morgan fingerprint density at radius 1 is 1.07 bits per heavy atom. The summed E-state index contributed by atoms with van der Waals surface area (Å²) >= 11 is 0. The predicted octanol–water partition coefficient (Wildman–Crippen LogP) is 2.42. The van der Waals surface area contributed by atoms with E-state index in [-0.39, 0.29) is 24.4 Å². The van der Waals surface area contributed by atoms with E-state index in [4.69, 9.17) is 0 Å². The van der Waals surface area contributed by atoms with Crippen LogP contribution in [0.2, 0.25) is 0 Å². The molecule has 1 amide bonds. The van der Waals surface area contributed by atoms with Crippen LogP contribution in [0.5, 0.6) is 0 Å². The number of carbonyl (C=O) groups excluding carboxylic acids is 1. The molecule has 27 heavy (non-hydrogen) atoms. The van der Waals surface area contributed by atoms with Crippen LogP contribution in [0.25, 0.3) is 10.9 Å². The summed E-state index contributed by atoms with van der Waals surface area (Å²) in [5.74, 6) is 0.782. The van der Waals surface area contributed by atoms with Gasteiger partial charge in [0.2, 0.25) is 5.91 Å². The van der Waals surface area contributed by atoms with Crippen LogP contribution in [0.3, 0.4) is 0 Å². The van der Waals surface area contributed by atoms with Crippen molar-refractivity contribution in [1.29, 1.82) is 0 Å². The first kappa shape index (κ1) is 17.2. The van der Waals surface area contributed by atoms with Crippen molar-refractivity contribution in [2.45, 2.75) is 25.8 Å². The van der Waals surface area contributed by atoms with Crippen molar-refractivity contribution in [1.82, 2.24) is 14.5 Å². The zero-order valence-electron chi connectivity index (χ0n) is 15.0. The van der Waals surface area contributed by atoms with E-state index in [1.54, 1.807) is 24.4 Å². The summed E-state index contributed by atoms with van der Waals surface area (Å²) in [4.78, 5) is 35.6. The molecule has 0 saturated carbocycles. The standard InChI is InChI=1S/C20H21N5O2/c26-19(23-15-7-8-18(21-13-15)24-10-3-4-11-24)9-12-25-14-22-17-6-2-1-5-16(17)20(25)27/h1-2,5-8,13-14H,3-4,9-12H2,(H,23,26). The summed E-state index contributed by atoms with van der Waals surface area (Å²) in [5.41, 5.74) is 1.18. The van der Waals surface area contributed by atoms with E-state index in [1.807, 2.05) is 18.2 Å². The number of anilines is 2. The lowest BCUT2D eigenvalue weighted by Crippen LogP contribution is -2.23. The quantitative estimate of drug-likeness (QED) is 0.753. The third-order valence-corrected chi connectivity index (χ3v) is 4.77. The molecule has 0 aliphatic carbocycles. The first-order valence-corrected chi connectivity index (χ1v) is 9.16. The summed E-state index contributed by atoms with van der Waals surface area (Å²) in [6, 6.07) is 11.0. The van der Waals surface area contributed by atoms with Crippen molar-refractivity contribution in [2.24, 2.45) is 0 Å². The van der Waals surface area contributed by atoms with E-state index in [0.29, 0.717) is 16.6 Å². The lowest BCUT2D eigenvalue weighted by Gasteiger charge is -2.16. The highest BCUT2D eigenvalue weighted by molar-refractivity contribution is 5.90. The number of amides is 1. The molecule has 1 fully saturated rings. The number of nitrogens with zero attached hydrogens (tertiary/aromatic N) is 4. The highest BCUT2D eigenvalue weighted by atomic mass is 16.2. The second-order valence-electron chi connectivity index (χ2n) is 6.66. The van der Waals surface area contributed by atoms with Crippen LogP contribution in [-0.2, 0) is 11.3 Å². The average molecular weight is 363 g/mol. The van der Waals surface area contributed by atoms with E-state index < -0.39 is 0 Å². The van der Waals surface area contributed by atoms with E-state index >= 15 is 0 Å². The van der Waals surface area contributed by atoms with Crippen LogP contribution in [0, 0.1) is 0 Å². The second-order valence-corrected chi connectivity index (χ2v) is 6.66. The van der Waals surface area contributed by atoms with Gasteiger partial charge in [0.1, 0.15) is 5.82 Å². The van der Waals surface area contributed by atoms with Gasteiger partial charge in [-0.05, 0) is 37.1 Å². The molecule has 3 heterocycles. The lowest BCUT2D eigenvalue weighted by molar-refractivity contribution is -0.116. The number of fused-ring (bicyclic) bond motifs is 1. The monoisotopic (exact) mass is 363 g/mol. The molecule has 0 unspecified atom stereocenters. The molecule has 1 aliphatic heterocycles. The Labute approximate surface area is 156 Å². The number of aromatic nitrogens is 3. The fourth-order valence-electron chi connectivity index (χ4n) is 3.30. The molecule has 3 aromatic rings. The maximum atomic E-state index is 12.4. The van der Waals surface area contributed by atoms with Crippen LogP contribution >= 0.6 is 0 Å². The van der Waals surface area contributed by atoms with Gasteiger partial charge < -0.3 is 10.2 Å². The Balaban J connectivity index is 1.37. The molecule has 2 aromatic heterocycles. The number of hydrogen-bond donors (Lipinski definition) is 1. The second kappa shape index (κ2) is 7.57. The summed E-state index contributed by atoms with van der Waals surface area (Å²) in [5, 5.41) is 3.39. The molecule has 1 N–H and O–H groups in total. The topological polar surface area (TPSA) is 80.1 Å². The van der Waals surface area contributed by atoms with Crippen LogP contribution in [-0.4, -0.2) is 33.5 Å². The molecule has 1 saturated heterocycles. The number of aryl methyl sites for hydroxylation is 1. The van der Waals surface area contributed by atoms with Crippen LogP contribution in [0.4, 0.5) is 11.5 Å². The fraction of sp³-hybridized carbons (Fsp3) is 0.300. The molecular weight excluding hydrogens is 342 g/mol. The third kappa shape index (κ3) is 3.81. The van der Waals surface area contributed by atoms with Crippen LogP contribution in [0.1, 0.15) is 19.3 Å². The number of benzene rings is 1. The number of pyridine rings is 1. The van der Waals surface area contributed by atoms with E-state index in [2.05, 4.69) is 20.2 Å². The van der Waals surface area contributed by atoms with Gasteiger partial charge in [-0.2, -0.15) is 0 Å². The number of hydrogen-bond acceptors (Lipinski definition) is 5. The van der Waals surface area contributed by atoms with Crippen LogP contribution < -0.4 is 15.8 Å². The van der Waals surface area contributed by atoms with Gasteiger partial charge in [-0.15, -0.1) is 0 Å². The molecule has 1 aromatic carbocycles. The molecule has 7 nitrogen and oxygen atoms in total. The van der Waals surface area contributed by atoms with Crippen molar-refractivity contribution in [2.75, 3.05) is 23.3 Å². The molecule has 138 valence electrons. The highest BCUT2D eigenvalue weighted by Gasteiger charge is 2.13. The fourth-order valence-corrected chi connectivity index (χ4v) is 3.30. The van der Waals surface area contributed by atoms with Crippen molar-refractivity contribution < 1.29 is 4.79 Å². The number of para-hydroxylation sites is 1. The van der Waals surface area contributed by atoms with Crippen molar-refractivity contribution >= 4 is 28.3 Å². The summed E-state index contributed by atoms with van der Waals surface area (Å²) < 4.78 is 1.47. The molecule has 1 aliphatic rings. The Hall–Kier alpha value is -3.22. The number of nitrogens with one attached hydrogen (secondary N) is 1. The SMILES string of the molecule is O=C(CCn1cnc2ccccc2c1=O)Nc1ccc(N2CCCC2)nc1. The highest BCUT2D eigenvalue weighted by Crippen LogP contribution is 2.19. The van der Waals surface area contributed by atoms with E-state index in [1.165, 1.54) is 23.7 Å². The lowest BCUT2D eigenvalue weighted by atomic mass is 10.2. The molecule has 4 rings (SSSR count). The van der Waals surface area contributed by atoms with Gasteiger partial charge in [0.25, 0.3) is 5.56 Å². The summed E-state index contributed by atoms with van der Waals surface area (Å²) in [6.45, 7) is 2.35. The summed E-state index contributed by atoms with van der Waals surface area (Å²) in [6.07, 6.45) is 5.75. The maximum absolute atomic E-state index is 12.4. The van der Waals surface area contributed by atoms with Crippen molar-refractivity contribution in [3.05, 3.63) is 59.3 Å². The normalized spacial score (nSPS) is 13.9. The van der Waals surface area contributed by atoms with Gasteiger partial charge in [-0.3, -0.25) is 14.2 Å². The van der Waals surface area contributed by atoms with Gasteiger partial charge in [0.05, 0.1) is 29.1 Å². The molecule has 7 heteroatoms. The van der Waals surface area contributed by atoms with Gasteiger partial charge in [0.15, 0.2) is 0 Å². The largest absolute Gasteiger partial charge is 0.357 e. The van der Waals surface area contributed by atoms with Gasteiger partial charge in [-0.1, -0.05) is 12.1 Å². The minimum atomic E-state index is -0.161. The molecular formula is C20H21N5O2. The Bertz CT molecular complexity index is 1010. The Morgan fingerprint density at radius 3 is 2.67 bits per heavy atom. The average Bonchev–Trinajstić information content (AvgIpc) is 3.23. The predicted molar refractivity (Wildman–Crippen MR) is 105 cm³/mol. The van der Waals surface area contributed by atoms with Gasteiger partial charge >= 0.3 is 0 Å². The van der Waals surface area contributed by atoms with E-state index in [9.17, 15) is 9.59 Å². The maximum Gasteiger partial charge on any atom is 0.261 e. The van der Waals surface area contributed by atoms with Gasteiger partial charge in [0, 0.05) is 26.1 Å². The zero-order chi connectivity index (χ0) is 18.6. The summed E-state index contributed by atoms with van der Waals surface area (Å²) in [7, 11) is 0. The van der Waals surface area contributed by atoms with Crippen molar-refractivity contribution in [3.63, 3.8) is 0 Å². The minimum absolute atomic E-state index is 0.134. The number of carbonyl (C=O) groups is 1. The molecule has 0 radical (unpaired) electrons. The Kier molecular flexibility index (Phi) is 4.82. The van der Waals surface area contributed by atoms with Crippen LogP contribution in [0.15, 0.2) is 53.7 Å². The zero-order valence-corrected chi connectivity index (χ0v) is 15.0. The molecule has 0 bridgehead atoms. The van der Waals surface area contributed by atoms with Crippen molar-refractivity contribution in [3.8, 4) is 0 Å².